The van der Waals surface area contributed by atoms with Crippen molar-refractivity contribution in [1.82, 2.24) is 0 Å². The van der Waals surface area contributed by atoms with Crippen LogP contribution in [0.1, 0.15) is 370 Å². The first-order chi connectivity index (χ1) is 44.6. The molecule has 0 aromatic rings. The number of phosphoric acid groups is 2. The van der Waals surface area contributed by atoms with Crippen molar-refractivity contribution in [2.45, 2.75) is 388 Å². The zero-order valence-corrected chi connectivity index (χ0v) is 62.7. The highest BCUT2D eigenvalue weighted by Crippen LogP contribution is 2.45. The summed E-state index contributed by atoms with van der Waals surface area (Å²) >= 11 is 0. The summed E-state index contributed by atoms with van der Waals surface area (Å²) in [6.45, 7) is 14.1. The molecule has 19 heteroatoms. The maximum Gasteiger partial charge on any atom is 0.472 e. The fraction of sp³-hybridized carbons (Fsp3) is 0.946. The molecule has 0 fully saturated rings. The lowest BCUT2D eigenvalue weighted by atomic mass is 10.0. The summed E-state index contributed by atoms with van der Waals surface area (Å²) in [6, 6.07) is 0. The van der Waals surface area contributed by atoms with Gasteiger partial charge in [0.05, 0.1) is 26.4 Å². The molecule has 0 heterocycles. The van der Waals surface area contributed by atoms with E-state index < -0.39 is 97.5 Å². The maximum absolute atomic E-state index is 13.1. The summed E-state index contributed by atoms with van der Waals surface area (Å²) in [4.78, 5) is 72.7. The number of ether oxygens (including phenoxy) is 4. The van der Waals surface area contributed by atoms with Crippen molar-refractivity contribution in [3.05, 3.63) is 0 Å². The van der Waals surface area contributed by atoms with Crippen LogP contribution in [0.4, 0.5) is 0 Å². The lowest BCUT2D eigenvalue weighted by Gasteiger charge is -2.21. The summed E-state index contributed by atoms with van der Waals surface area (Å²) in [5, 5.41) is 10.6. The number of hydrogen-bond donors (Lipinski definition) is 3. The van der Waals surface area contributed by atoms with Crippen LogP contribution in [0, 0.1) is 23.7 Å². The molecule has 2 unspecified atom stereocenters. The molecule has 17 nitrogen and oxygen atoms in total. The number of rotatable bonds is 71. The van der Waals surface area contributed by atoms with Gasteiger partial charge < -0.3 is 33.8 Å². The number of esters is 4. The fourth-order valence-corrected chi connectivity index (χ4v) is 12.8. The molecule has 0 rings (SSSR count). The molecular weight excluding hydrogens is 1220 g/mol. The van der Waals surface area contributed by atoms with Gasteiger partial charge in [0.1, 0.15) is 19.3 Å². The molecule has 0 aliphatic carbocycles. The van der Waals surface area contributed by atoms with Crippen LogP contribution in [0.3, 0.4) is 0 Å². The van der Waals surface area contributed by atoms with Crippen LogP contribution in [0.15, 0.2) is 0 Å². The molecule has 0 aliphatic rings. The van der Waals surface area contributed by atoms with E-state index in [-0.39, 0.29) is 25.7 Å². The lowest BCUT2D eigenvalue weighted by molar-refractivity contribution is -0.161. The Morgan fingerprint density at radius 2 is 0.452 bits per heavy atom. The highest BCUT2D eigenvalue weighted by atomic mass is 31.2. The second-order valence-electron chi connectivity index (χ2n) is 28.6. The van der Waals surface area contributed by atoms with Crippen LogP contribution in [0.2, 0.25) is 0 Å². The van der Waals surface area contributed by atoms with Crippen molar-refractivity contribution in [2.75, 3.05) is 39.6 Å². The quantitative estimate of drug-likeness (QED) is 0.0222. The van der Waals surface area contributed by atoms with Crippen molar-refractivity contribution in [3.63, 3.8) is 0 Å². The Hall–Kier alpha value is -1.94. The summed E-state index contributed by atoms with van der Waals surface area (Å²) < 4.78 is 68.4. The second kappa shape index (κ2) is 63.5. The van der Waals surface area contributed by atoms with Gasteiger partial charge in [-0.25, -0.2) is 9.13 Å². The number of carbonyl (C=O) groups excluding carboxylic acids is 4. The van der Waals surface area contributed by atoms with Crippen molar-refractivity contribution >= 4 is 39.5 Å². The van der Waals surface area contributed by atoms with Crippen LogP contribution < -0.4 is 0 Å². The Morgan fingerprint density at radius 3 is 0.667 bits per heavy atom. The summed E-state index contributed by atoms with van der Waals surface area (Å²) in [5.74, 6) is 0.862. The second-order valence-corrected chi connectivity index (χ2v) is 31.5. The molecule has 0 aliphatic heterocycles. The number of phosphoric ester groups is 2. The Morgan fingerprint density at radius 1 is 0.269 bits per heavy atom. The van der Waals surface area contributed by atoms with Gasteiger partial charge in [-0.05, 0) is 49.4 Å². The first kappa shape index (κ1) is 91.1. The Kier molecular flexibility index (Phi) is 62.2. The monoisotopic (exact) mass is 1370 g/mol. The van der Waals surface area contributed by atoms with Crippen molar-refractivity contribution in [3.8, 4) is 0 Å². The van der Waals surface area contributed by atoms with Crippen molar-refractivity contribution < 1.29 is 80.2 Å². The summed E-state index contributed by atoms with van der Waals surface area (Å²) in [7, 11) is -9.91. The molecule has 3 N–H and O–H groups in total. The molecule has 93 heavy (non-hydrogen) atoms. The number of hydrogen-bond acceptors (Lipinski definition) is 15. The minimum atomic E-state index is -4.96. The van der Waals surface area contributed by atoms with Crippen LogP contribution >= 0.6 is 15.6 Å². The van der Waals surface area contributed by atoms with E-state index in [1.165, 1.54) is 167 Å². The third-order valence-corrected chi connectivity index (χ3v) is 19.0. The van der Waals surface area contributed by atoms with Crippen molar-refractivity contribution in [1.29, 1.82) is 0 Å². The molecular formula is C74H144O17P2. The molecule has 0 aromatic heterocycles. The first-order valence-corrected chi connectivity index (χ1v) is 41.2. The largest absolute Gasteiger partial charge is 0.472 e. The van der Waals surface area contributed by atoms with E-state index in [1.807, 2.05) is 0 Å². The van der Waals surface area contributed by atoms with Crippen LogP contribution in [0.25, 0.3) is 0 Å². The molecule has 0 amide bonds. The van der Waals surface area contributed by atoms with E-state index >= 15 is 0 Å². The van der Waals surface area contributed by atoms with E-state index in [1.54, 1.807) is 0 Å². The molecule has 0 aromatic carbocycles. The van der Waals surface area contributed by atoms with E-state index in [0.29, 0.717) is 31.6 Å². The van der Waals surface area contributed by atoms with Crippen molar-refractivity contribution in [2.24, 2.45) is 23.7 Å². The summed E-state index contributed by atoms with van der Waals surface area (Å²) in [6.07, 6.45) is 47.4. The molecule has 0 radical (unpaired) electrons. The van der Waals surface area contributed by atoms with E-state index in [2.05, 4.69) is 55.4 Å². The zero-order chi connectivity index (χ0) is 68.9. The molecule has 552 valence electrons. The molecule has 0 spiro atoms. The van der Waals surface area contributed by atoms with Gasteiger partial charge in [-0.1, -0.05) is 319 Å². The standard InChI is InChI=1S/C74H144O17P2/c1-64(2)50-42-34-26-20-15-12-10-9-11-13-17-23-29-38-46-54-71(76)84-60-69(90-74(79)57-49-41-31-25-19-22-28-36-44-52-66(5)6)62-88-92(80,81)86-58-68(75)59-87-93(82,83)89-63-70(61-85-72(77)55-47-39-33-32-37-45-53-67(7)8)91-73(78)56-48-40-30-24-18-14-16-21-27-35-43-51-65(3)4/h64-70,75H,9-63H2,1-8H3,(H,80,81)(H,82,83)/t68-,69-,70-/m1/s1. The Balaban J connectivity index is 5.21. The minimum absolute atomic E-state index is 0.105. The maximum atomic E-state index is 13.1. The van der Waals surface area contributed by atoms with Gasteiger partial charge in [0.2, 0.25) is 0 Å². The zero-order valence-electron chi connectivity index (χ0n) is 60.9. The predicted octanol–water partition coefficient (Wildman–Crippen LogP) is 21.3. The molecule has 0 bridgehead atoms. The van der Waals surface area contributed by atoms with Gasteiger partial charge in [-0.15, -0.1) is 0 Å². The number of carbonyl (C=O) groups is 4. The number of aliphatic hydroxyl groups is 1. The molecule has 0 saturated heterocycles. The Labute approximate surface area is 568 Å². The number of aliphatic hydroxyl groups excluding tert-OH is 1. The van der Waals surface area contributed by atoms with Gasteiger partial charge in [0, 0.05) is 25.7 Å². The third kappa shape index (κ3) is 68.4. The van der Waals surface area contributed by atoms with Gasteiger partial charge in [0.15, 0.2) is 12.2 Å². The highest BCUT2D eigenvalue weighted by molar-refractivity contribution is 7.47. The van der Waals surface area contributed by atoms with Gasteiger partial charge in [0.25, 0.3) is 0 Å². The highest BCUT2D eigenvalue weighted by Gasteiger charge is 2.30. The van der Waals surface area contributed by atoms with Gasteiger partial charge in [-0.3, -0.25) is 37.3 Å². The average molecular weight is 1370 g/mol. The predicted molar refractivity (Wildman–Crippen MR) is 377 cm³/mol. The van der Waals surface area contributed by atoms with Crippen LogP contribution in [-0.4, -0.2) is 96.7 Å². The first-order valence-electron chi connectivity index (χ1n) is 38.2. The SMILES string of the molecule is CC(C)CCCCCCCCCCCCCCCCCC(=O)OC[C@H](COP(=O)(O)OC[C@@H](O)COP(=O)(O)OC[C@@H](COC(=O)CCCCCCCCC(C)C)OC(=O)CCCCCCCCCCCCCC(C)C)OC(=O)CCCCCCCCCCCC(C)C. The Bertz CT molecular complexity index is 1830. The van der Waals surface area contributed by atoms with Crippen LogP contribution in [0.5, 0.6) is 0 Å². The number of unbranched alkanes of at least 4 members (excludes halogenated alkanes) is 37. The third-order valence-electron chi connectivity index (χ3n) is 17.1. The summed E-state index contributed by atoms with van der Waals surface area (Å²) in [5.41, 5.74) is 0. The van der Waals surface area contributed by atoms with Gasteiger partial charge >= 0.3 is 39.5 Å². The van der Waals surface area contributed by atoms with E-state index in [0.717, 1.165) is 114 Å². The minimum Gasteiger partial charge on any atom is -0.462 e. The van der Waals surface area contributed by atoms with Gasteiger partial charge in [-0.2, -0.15) is 0 Å². The average Bonchev–Trinajstić information content (AvgIpc) is 3.06. The lowest BCUT2D eigenvalue weighted by Crippen LogP contribution is -2.30. The smallest absolute Gasteiger partial charge is 0.462 e. The van der Waals surface area contributed by atoms with E-state index in [4.69, 9.17) is 37.0 Å². The normalized spacial score (nSPS) is 14.2. The molecule has 5 atom stereocenters. The topological polar surface area (TPSA) is 237 Å². The van der Waals surface area contributed by atoms with Crippen LogP contribution in [-0.2, 0) is 65.4 Å². The fourth-order valence-electron chi connectivity index (χ4n) is 11.2. The van der Waals surface area contributed by atoms with E-state index in [9.17, 15) is 43.2 Å². The molecule has 0 saturated carbocycles.